The molecule has 0 atom stereocenters. The molecule has 0 bridgehead atoms. The summed E-state index contributed by atoms with van der Waals surface area (Å²) in [6, 6.07) is 6.37. The van der Waals surface area contributed by atoms with Gasteiger partial charge in [-0.1, -0.05) is 43.2 Å². The summed E-state index contributed by atoms with van der Waals surface area (Å²) in [5.41, 5.74) is 0.174. The smallest absolute Gasteiger partial charge is 0.311 e. The zero-order valence-corrected chi connectivity index (χ0v) is 16.2. The van der Waals surface area contributed by atoms with Crippen LogP contribution in [-0.4, -0.2) is 31.5 Å². The maximum Gasteiger partial charge on any atom is 0.311 e. The molecule has 0 aliphatic rings. The van der Waals surface area contributed by atoms with Crippen LogP contribution in [0, 0.1) is 0 Å². The first-order valence-corrected chi connectivity index (χ1v) is 10.8. The number of nitrogens with zero attached hydrogens (tertiary/aromatic N) is 1. The van der Waals surface area contributed by atoms with Crippen molar-refractivity contribution in [1.29, 1.82) is 0 Å². The van der Waals surface area contributed by atoms with E-state index in [1.54, 1.807) is 12.1 Å². The second kappa shape index (κ2) is 8.91. The summed E-state index contributed by atoms with van der Waals surface area (Å²) >= 11 is 0.857. The van der Waals surface area contributed by atoms with Gasteiger partial charge in [0.2, 0.25) is 0 Å². The molecular weight excluding hydrogens is 376 g/mol. The molecule has 2 rings (SSSR count). The van der Waals surface area contributed by atoms with Crippen LogP contribution < -0.4 is 10.1 Å². The Bertz CT molecular complexity index is 890. The molecule has 1 aromatic heterocycles. The van der Waals surface area contributed by atoms with Gasteiger partial charge in [0, 0.05) is 12.7 Å². The zero-order chi connectivity index (χ0) is 19.2. The van der Waals surface area contributed by atoms with E-state index in [9.17, 15) is 18.0 Å². The van der Waals surface area contributed by atoms with E-state index in [1.165, 1.54) is 18.3 Å². The van der Waals surface area contributed by atoms with E-state index in [-0.39, 0.29) is 27.1 Å². The highest BCUT2D eigenvalue weighted by molar-refractivity contribution is 7.92. The maximum absolute atomic E-state index is 12.5. The van der Waals surface area contributed by atoms with Gasteiger partial charge in [-0.15, -0.1) is 0 Å². The molecule has 9 heteroatoms. The minimum atomic E-state index is -3.38. The van der Waals surface area contributed by atoms with Crippen molar-refractivity contribution in [2.75, 3.05) is 11.6 Å². The molecule has 1 amide bonds. The molecule has 0 aliphatic carbocycles. The normalized spacial score (nSPS) is 11.2. The lowest BCUT2D eigenvalue weighted by Crippen LogP contribution is -2.15. The summed E-state index contributed by atoms with van der Waals surface area (Å²) in [4.78, 5) is 28.2. The SMILES string of the molecule is CCCCCC(=O)Oc1ccccc1C(=O)Nc1ncc(S(C)(=O)=O)s1. The number of benzene rings is 1. The van der Waals surface area contributed by atoms with Crippen molar-refractivity contribution in [2.24, 2.45) is 0 Å². The van der Waals surface area contributed by atoms with Gasteiger partial charge in [-0.25, -0.2) is 13.4 Å². The van der Waals surface area contributed by atoms with Gasteiger partial charge < -0.3 is 4.74 Å². The number of unbranched alkanes of at least 4 members (excludes halogenated alkanes) is 2. The molecule has 2 aromatic rings. The number of aromatic nitrogens is 1. The standard InChI is InChI=1S/C17H20N2O5S2/c1-3-4-5-10-14(20)24-13-9-7-6-8-12(13)16(21)19-17-18-11-15(25-17)26(2,22)23/h6-9,11H,3-5,10H2,1-2H3,(H,18,19,21). The number of hydrogen-bond donors (Lipinski definition) is 1. The van der Waals surface area contributed by atoms with E-state index < -0.39 is 21.7 Å². The van der Waals surface area contributed by atoms with E-state index in [0.717, 1.165) is 36.9 Å². The van der Waals surface area contributed by atoms with Gasteiger partial charge in [0.1, 0.15) is 9.96 Å². The number of sulfone groups is 1. The van der Waals surface area contributed by atoms with Crippen LogP contribution in [0.5, 0.6) is 5.75 Å². The van der Waals surface area contributed by atoms with E-state index >= 15 is 0 Å². The molecular formula is C17H20N2O5S2. The number of amides is 1. The minimum Gasteiger partial charge on any atom is -0.426 e. The van der Waals surface area contributed by atoms with Gasteiger partial charge in [-0.3, -0.25) is 14.9 Å². The molecule has 1 heterocycles. The Balaban J connectivity index is 2.09. The van der Waals surface area contributed by atoms with Crippen LogP contribution in [0.25, 0.3) is 0 Å². The van der Waals surface area contributed by atoms with Crippen LogP contribution in [-0.2, 0) is 14.6 Å². The van der Waals surface area contributed by atoms with Crippen molar-refractivity contribution in [3.63, 3.8) is 0 Å². The minimum absolute atomic E-state index is 0.0587. The highest BCUT2D eigenvalue weighted by Gasteiger charge is 2.18. The predicted molar refractivity (Wildman–Crippen MR) is 99.4 cm³/mol. The number of carbonyl (C=O) groups is 2. The average Bonchev–Trinajstić information content (AvgIpc) is 3.04. The van der Waals surface area contributed by atoms with Crippen LogP contribution in [0.3, 0.4) is 0 Å². The molecule has 1 N–H and O–H groups in total. The molecule has 26 heavy (non-hydrogen) atoms. The molecule has 0 saturated carbocycles. The molecule has 0 aliphatic heterocycles. The first kappa shape index (κ1) is 20.1. The largest absolute Gasteiger partial charge is 0.426 e. The molecule has 0 radical (unpaired) electrons. The molecule has 0 spiro atoms. The average molecular weight is 396 g/mol. The van der Waals surface area contributed by atoms with Gasteiger partial charge in [0.05, 0.1) is 11.8 Å². The summed E-state index contributed by atoms with van der Waals surface area (Å²) < 4.78 is 28.3. The van der Waals surface area contributed by atoms with Gasteiger partial charge in [-0.05, 0) is 18.6 Å². The quantitative estimate of drug-likeness (QED) is 0.417. The van der Waals surface area contributed by atoms with Gasteiger partial charge in [0.25, 0.3) is 5.91 Å². The Labute approximate surface area is 156 Å². The lowest BCUT2D eigenvalue weighted by molar-refractivity contribution is -0.134. The Kier molecular flexibility index (Phi) is 6.87. The Morgan fingerprint density at radius 3 is 2.62 bits per heavy atom. The number of anilines is 1. The van der Waals surface area contributed by atoms with E-state index in [1.807, 2.05) is 6.92 Å². The topological polar surface area (TPSA) is 102 Å². The lowest BCUT2D eigenvalue weighted by atomic mass is 10.2. The lowest BCUT2D eigenvalue weighted by Gasteiger charge is -2.09. The third kappa shape index (κ3) is 5.63. The third-order valence-corrected chi connectivity index (χ3v) is 6.11. The van der Waals surface area contributed by atoms with Crippen molar-refractivity contribution >= 4 is 38.2 Å². The Hall–Kier alpha value is -2.26. The Morgan fingerprint density at radius 1 is 1.23 bits per heavy atom. The molecule has 140 valence electrons. The molecule has 0 saturated heterocycles. The number of nitrogens with one attached hydrogen (secondary N) is 1. The number of hydrogen-bond acceptors (Lipinski definition) is 7. The van der Waals surface area contributed by atoms with Crippen molar-refractivity contribution < 1.29 is 22.7 Å². The van der Waals surface area contributed by atoms with Crippen LogP contribution in [0.4, 0.5) is 5.13 Å². The van der Waals surface area contributed by atoms with Crippen molar-refractivity contribution in [3.05, 3.63) is 36.0 Å². The first-order chi connectivity index (χ1) is 12.3. The summed E-state index contributed by atoms with van der Waals surface area (Å²) in [5, 5.41) is 2.68. The molecule has 7 nitrogen and oxygen atoms in total. The molecule has 1 aromatic carbocycles. The number of para-hydroxylation sites is 1. The number of thiazole rings is 1. The zero-order valence-electron chi connectivity index (χ0n) is 14.5. The van der Waals surface area contributed by atoms with Crippen LogP contribution >= 0.6 is 11.3 Å². The summed E-state index contributed by atoms with van der Waals surface area (Å²) in [7, 11) is -3.38. The summed E-state index contributed by atoms with van der Waals surface area (Å²) in [5.74, 6) is -0.768. The van der Waals surface area contributed by atoms with E-state index in [2.05, 4.69) is 10.3 Å². The number of carbonyl (C=O) groups excluding carboxylic acids is 2. The summed E-state index contributed by atoms with van der Waals surface area (Å²) in [6.07, 6.45) is 5.21. The fraction of sp³-hybridized carbons (Fsp3) is 0.353. The second-order valence-electron chi connectivity index (χ2n) is 5.64. The molecule has 0 unspecified atom stereocenters. The Morgan fingerprint density at radius 2 is 1.96 bits per heavy atom. The van der Waals surface area contributed by atoms with Crippen molar-refractivity contribution in [3.8, 4) is 5.75 Å². The summed E-state index contributed by atoms with van der Waals surface area (Å²) in [6.45, 7) is 2.04. The highest BCUT2D eigenvalue weighted by atomic mass is 32.2. The van der Waals surface area contributed by atoms with Crippen LogP contribution in [0.15, 0.2) is 34.7 Å². The fourth-order valence-corrected chi connectivity index (χ4v) is 3.72. The fourth-order valence-electron chi connectivity index (χ4n) is 2.09. The van der Waals surface area contributed by atoms with Gasteiger partial charge >= 0.3 is 5.97 Å². The number of esters is 1. The maximum atomic E-state index is 12.5. The third-order valence-electron chi connectivity index (χ3n) is 3.41. The van der Waals surface area contributed by atoms with Crippen molar-refractivity contribution in [2.45, 2.75) is 36.8 Å². The second-order valence-corrected chi connectivity index (χ2v) is 8.91. The highest BCUT2D eigenvalue weighted by Crippen LogP contribution is 2.25. The van der Waals surface area contributed by atoms with Gasteiger partial charge in [-0.2, -0.15) is 0 Å². The number of rotatable bonds is 8. The number of ether oxygens (including phenoxy) is 1. The van der Waals surface area contributed by atoms with E-state index in [0.29, 0.717) is 0 Å². The molecule has 0 fully saturated rings. The van der Waals surface area contributed by atoms with Crippen LogP contribution in [0.2, 0.25) is 0 Å². The first-order valence-electron chi connectivity index (χ1n) is 8.08. The predicted octanol–water partition coefficient (Wildman–Crippen LogP) is 3.28. The monoisotopic (exact) mass is 396 g/mol. The van der Waals surface area contributed by atoms with Gasteiger partial charge in [0.15, 0.2) is 15.0 Å². The van der Waals surface area contributed by atoms with Crippen LogP contribution in [0.1, 0.15) is 43.0 Å². The van der Waals surface area contributed by atoms with E-state index in [4.69, 9.17) is 4.74 Å². The van der Waals surface area contributed by atoms with Crippen molar-refractivity contribution in [1.82, 2.24) is 4.98 Å².